The Labute approximate surface area is 121 Å². The van der Waals surface area contributed by atoms with E-state index in [4.69, 9.17) is 0 Å². The van der Waals surface area contributed by atoms with Crippen LogP contribution in [-0.4, -0.2) is 25.0 Å². The Hall–Kier alpha value is -2.41. The molecule has 3 N–H and O–H groups in total. The van der Waals surface area contributed by atoms with E-state index in [2.05, 4.69) is 35.9 Å². The van der Waals surface area contributed by atoms with Crippen molar-refractivity contribution in [3.05, 3.63) is 51.5 Å². The fraction of sp³-hybridized carbons (Fsp3) is 0. The molecular formula is C13H9BrN4O2. The molecule has 20 heavy (non-hydrogen) atoms. The molecule has 6 nitrogen and oxygen atoms in total. The van der Waals surface area contributed by atoms with Crippen molar-refractivity contribution in [2.24, 2.45) is 0 Å². The van der Waals surface area contributed by atoms with E-state index in [-0.39, 0.29) is 17.3 Å². The number of H-pyrrole nitrogens is 2. The Morgan fingerprint density at radius 1 is 1.20 bits per heavy atom. The molecule has 0 radical (unpaired) electrons. The number of aromatic hydroxyl groups is 1. The van der Waals surface area contributed by atoms with Crippen molar-refractivity contribution in [3.63, 3.8) is 0 Å². The first-order valence-electron chi connectivity index (χ1n) is 5.75. The van der Waals surface area contributed by atoms with E-state index in [1.54, 1.807) is 24.4 Å². The summed E-state index contributed by atoms with van der Waals surface area (Å²) in [4.78, 5) is 25.6. The number of halogens is 1. The van der Waals surface area contributed by atoms with Crippen molar-refractivity contribution in [1.82, 2.24) is 19.9 Å². The first kappa shape index (κ1) is 12.6. The van der Waals surface area contributed by atoms with Gasteiger partial charge in [-0.15, -0.1) is 0 Å². The standard InChI is InChI=1S/C13H9BrN4O2/c14-8-4-2-1-3-7(8)9-12(19)17-11(18-13(9)20)10-15-5-6-16-10/h1-6H,(H,15,16)(H2,17,18,19,20). The number of hydrogen-bond donors (Lipinski definition) is 3. The largest absolute Gasteiger partial charge is 0.493 e. The van der Waals surface area contributed by atoms with Crippen LogP contribution in [0.3, 0.4) is 0 Å². The molecule has 2 aromatic heterocycles. The van der Waals surface area contributed by atoms with Gasteiger partial charge in [-0.1, -0.05) is 34.1 Å². The van der Waals surface area contributed by atoms with E-state index in [0.717, 1.165) is 0 Å². The number of nitrogens with one attached hydrogen (secondary N) is 2. The smallest absolute Gasteiger partial charge is 0.263 e. The zero-order valence-electron chi connectivity index (χ0n) is 10.1. The van der Waals surface area contributed by atoms with Crippen LogP contribution < -0.4 is 5.56 Å². The lowest BCUT2D eigenvalue weighted by Gasteiger charge is -2.06. The van der Waals surface area contributed by atoms with Crippen LogP contribution in [0.1, 0.15) is 0 Å². The van der Waals surface area contributed by atoms with Crippen LogP contribution in [0.25, 0.3) is 22.8 Å². The minimum Gasteiger partial charge on any atom is -0.493 e. The van der Waals surface area contributed by atoms with Gasteiger partial charge >= 0.3 is 0 Å². The molecule has 0 spiro atoms. The van der Waals surface area contributed by atoms with E-state index in [0.29, 0.717) is 15.9 Å². The lowest BCUT2D eigenvalue weighted by Crippen LogP contribution is -2.12. The number of hydrogen-bond acceptors (Lipinski definition) is 4. The van der Waals surface area contributed by atoms with Crippen LogP contribution in [0.5, 0.6) is 5.88 Å². The van der Waals surface area contributed by atoms with Gasteiger partial charge in [0.1, 0.15) is 5.56 Å². The lowest BCUT2D eigenvalue weighted by atomic mass is 10.1. The van der Waals surface area contributed by atoms with Gasteiger partial charge in [-0.05, 0) is 6.07 Å². The molecule has 3 aromatic rings. The molecule has 0 fully saturated rings. The number of aromatic nitrogens is 4. The summed E-state index contributed by atoms with van der Waals surface area (Å²) in [5, 5.41) is 10.1. The van der Waals surface area contributed by atoms with E-state index >= 15 is 0 Å². The maximum Gasteiger partial charge on any atom is 0.263 e. The molecule has 0 amide bonds. The molecule has 0 bridgehead atoms. The molecule has 0 saturated carbocycles. The Kier molecular flexibility index (Phi) is 3.11. The summed E-state index contributed by atoms with van der Waals surface area (Å²) in [7, 11) is 0. The Bertz CT molecular complexity index is 811. The monoisotopic (exact) mass is 332 g/mol. The summed E-state index contributed by atoms with van der Waals surface area (Å²) in [5.74, 6) is 0.233. The maximum absolute atomic E-state index is 12.2. The predicted octanol–water partition coefficient (Wildman–Crippen LogP) is 2.30. The summed E-state index contributed by atoms with van der Waals surface area (Å²) >= 11 is 3.35. The molecule has 0 aliphatic heterocycles. The zero-order chi connectivity index (χ0) is 14.1. The Morgan fingerprint density at radius 3 is 2.65 bits per heavy atom. The van der Waals surface area contributed by atoms with Crippen molar-refractivity contribution < 1.29 is 5.11 Å². The molecule has 1 aromatic carbocycles. The van der Waals surface area contributed by atoms with Crippen molar-refractivity contribution in [1.29, 1.82) is 0 Å². The molecule has 2 heterocycles. The number of nitrogens with zero attached hydrogens (tertiary/aromatic N) is 2. The van der Waals surface area contributed by atoms with Gasteiger partial charge in [-0.2, -0.15) is 4.98 Å². The second kappa shape index (κ2) is 4.93. The molecule has 0 saturated heterocycles. The molecular weight excluding hydrogens is 324 g/mol. The van der Waals surface area contributed by atoms with Crippen LogP contribution in [0, 0.1) is 0 Å². The van der Waals surface area contributed by atoms with Gasteiger partial charge in [0.05, 0.1) is 0 Å². The molecule has 0 atom stereocenters. The van der Waals surface area contributed by atoms with Gasteiger partial charge < -0.3 is 15.1 Å². The number of aromatic amines is 2. The maximum atomic E-state index is 12.2. The number of rotatable bonds is 2. The quantitative estimate of drug-likeness (QED) is 0.671. The summed E-state index contributed by atoms with van der Waals surface area (Å²) < 4.78 is 0.702. The predicted molar refractivity (Wildman–Crippen MR) is 77.2 cm³/mol. The Balaban J connectivity index is 2.20. The van der Waals surface area contributed by atoms with Crippen LogP contribution in [0.2, 0.25) is 0 Å². The second-order valence-electron chi connectivity index (χ2n) is 4.03. The van der Waals surface area contributed by atoms with Crippen molar-refractivity contribution in [2.45, 2.75) is 0 Å². The second-order valence-corrected chi connectivity index (χ2v) is 4.89. The van der Waals surface area contributed by atoms with Crippen molar-refractivity contribution in [2.75, 3.05) is 0 Å². The van der Waals surface area contributed by atoms with Gasteiger partial charge in [-0.3, -0.25) is 4.79 Å². The van der Waals surface area contributed by atoms with Crippen molar-refractivity contribution >= 4 is 15.9 Å². The fourth-order valence-corrected chi connectivity index (χ4v) is 2.36. The van der Waals surface area contributed by atoms with Crippen LogP contribution in [0.15, 0.2) is 45.9 Å². The van der Waals surface area contributed by atoms with E-state index in [1.807, 2.05) is 6.07 Å². The number of imidazole rings is 1. The Morgan fingerprint density at radius 2 is 2.00 bits per heavy atom. The van der Waals surface area contributed by atoms with Crippen LogP contribution >= 0.6 is 15.9 Å². The summed E-state index contributed by atoms with van der Waals surface area (Å²) in [6.45, 7) is 0. The average Bonchev–Trinajstić information content (AvgIpc) is 2.94. The van der Waals surface area contributed by atoms with Crippen molar-refractivity contribution in [3.8, 4) is 28.7 Å². The van der Waals surface area contributed by atoms with Crippen LogP contribution in [-0.2, 0) is 0 Å². The normalized spacial score (nSPS) is 10.7. The molecule has 7 heteroatoms. The third-order valence-corrected chi connectivity index (χ3v) is 3.46. The third kappa shape index (κ3) is 2.12. The molecule has 0 aliphatic rings. The first-order chi connectivity index (χ1) is 9.66. The SMILES string of the molecule is O=c1[nH]c(-c2ncc[nH]2)nc(O)c1-c1ccccc1Br. The summed E-state index contributed by atoms with van der Waals surface area (Å²) in [5.41, 5.74) is 0.258. The fourth-order valence-electron chi connectivity index (χ4n) is 1.87. The minimum absolute atomic E-state index is 0.118. The zero-order valence-corrected chi connectivity index (χ0v) is 11.7. The van der Waals surface area contributed by atoms with Gasteiger partial charge in [0.2, 0.25) is 5.88 Å². The third-order valence-electron chi connectivity index (χ3n) is 2.77. The molecule has 0 aliphatic carbocycles. The average molecular weight is 333 g/mol. The lowest BCUT2D eigenvalue weighted by molar-refractivity contribution is 0.454. The highest BCUT2D eigenvalue weighted by Crippen LogP contribution is 2.30. The van der Waals surface area contributed by atoms with Gasteiger partial charge in [0.25, 0.3) is 5.56 Å². The highest BCUT2D eigenvalue weighted by atomic mass is 79.9. The molecule has 3 rings (SSSR count). The molecule has 0 unspecified atom stereocenters. The van der Waals surface area contributed by atoms with E-state index < -0.39 is 5.56 Å². The first-order valence-corrected chi connectivity index (χ1v) is 6.54. The van der Waals surface area contributed by atoms with Crippen LogP contribution in [0.4, 0.5) is 0 Å². The van der Waals surface area contributed by atoms with Gasteiger partial charge in [0.15, 0.2) is 11.6 Å². The highest BCUT2D eigenvalue weighted by Gasteiger charge is 2.16. The summed E-state index contributed by atoms with van der Waals surface area (Å²) in [6.07, 6.45) is 3.14. The van der Waals surface area contributed by atoms with E-state index in [1.165, 1.54) is 6.20 Å². The molecule has 100 valence electrons. The minimum atomic E-state index is -0.434. The summed E-state index contributed by atoms with van der Waals surface area (Å²) in [6, 6.07) is 7.11. The van der Waals surface area contributed by atoms with Gasteiger partial charge in [-0.25, -0.2) is 4.98 Å². The van der Waals surface area contributed by atoms with Gasteiger partial charge in [0, 0.05) is 22.4 Å². The topological polar surface area (TPSA) is 94.7 Å². The highest BCUT2D eigenvalue weighted by molar-refractivity contribution is 9.10. The van der Waals surface area contributed by atoms with E-state index in [9.17, 15) is 9.90 Å². The number of benzene rings is 1.